The fourth-order valence-corrected chi connectivity index (χ4v) is 5.62. The van der Waals surface area contributed by atoms with Crippen LogP contribution in [0.3, 0.4) is 0 Å². The molecule has 0 saturated carbocycles. The highest BCUT2D eigenvalue weighted by Crippen LogP contribution is 2.44. The van der Waals surface area contributed by atoms with E-state index in [1.54, 1.807) is 31.2 Å². The Morgan fingerprint density at radius 3 is 2.07 bits per heavy atom. The number of rotatable bonds is 12. The maximum Gasteiger partial charge on any atom is 0.264 e. The van der Waals surface area contributed by atoms with Gasteiger partial charge in [-0.2, -0.15) is 8.42 Å². The number of methoxy groups -OCH3 is 1. The highest BCUT2D eigenvalue weighted by Gasteiger charge is 2.53. The first kappa shape index (κ1) is 29.7. The SMILES string of the molecule is COc1cc(OCc2ccccc2)c(C[C@@H]2O[C@]2(C)COS(C)(=O)=O)c2oc3c(OCc4ccccc4)cccc3c(=O)c12. The second-order valence-corrected chi connectivity index (χ2v) is 12.6. The van der Waals surface area contributed by atoms with Gasteiger partial charge < -0.3 is 23.4 Å². The van der Waals surface area contributed by atoms with Gasteiger partial charge in [0.05, 0.1) is 31.5 Å². The molecule has 0 amide bonds. The van der Waals surface area contributed by atoms with Gasteiger partial charge in [-0.1, -0.05) is 66.7 Å². The van der Waals surface area contributed by atoms with Crippen molar-refractivity contribution in [2.24, 2.45) is 0 Å². The summed E-state index contributed by atoms with van der Waals surface area (Å²) in [5.41, 5.74) is 1.94. The van der Waals surface area contributed by atoms with E-state index in [4.69, 9.17) is 27.5 Å². The maximum atomic E-state index is 14.0. The third-order valence-corrected chi connectivity index (χ3v) is 8.19. The smallest absolute Gasteiger partial charge is 0.264 e. The van der Waals surface area contributed by atoms with E-state index in [-0.39, 0.29) is 42.6 Å². The number of ether oxygens (including phenoxy) is 4. The largest absolute Gasteiger partial charge is 0.496 e. The molecule has 4 aromatic carbocycles. The zero-order valence-corrected chi connectivity index (χ0v) is 25.4. The van der Waals surface area contributed by atoms with Crippen molar-refractivity contribution < 1.29 is 36.0 Å². The van der Waals surface area contributed by atoms with E-state index in [0.717, 1.165) is 17.4 Å². The lowest BCUT2D eigenvalue weighted by Crippen LogP contribution is -2.22. The topological polar surface area (TPSA) is 114 Å². The lowest BCUT2D eigenvalue weighted by molar-refractivity contribution is 0.207. The zero-order chi connectivity index (χ0) is 30.9. The predicted octanol–water partition coefficient (Wildman–Crippen LogP) is 5.79. The molecule has 1 saturated heterocycles. The Morgan fingerprint density at radius 1 is 0.818 bits per heavy atom. The molecule has 1 aromatic heterocycles. The predicted molar refractivity (Wildman–Crippen MR) is 166 cm³/mol. The Hall–Kier alpha value is -4.38. The van der Waals surface area contributed by atoms with E-state index in [2.05, 4.69) is 0 Å². The molecule has 228 valence electrons. The highest BCUT2D eigenvalue weighted by atomic mass is 32.2. The lowest BCUT2D eigenvalue weighted by atomic mass is 9.98. The molecule has 5 aromatic rings. The molecule has 6 rings (SSSR count). The van der Waals surface area contributed by atoms with E-state index in [1.807, 2.05) is 60.7 Å². The monoisotopic (exact) mass is 616 g/mol. The van der Waals surface area contributed by atoms with Gasteiger partial charge >= 0.3 is 0 Å². The first-order chi connectivity index (χ1) is 21.1. The van der Waals surface area contributed by atoms with E-state index >= 15 is 0 Å². The summed E-state index contributed by atoms with van der Waals surface area (Å²) in [4.78, 5) is 14.0. The van der Waals surface area contributed by atoms with Gasteiger partial charge in [0.25, 0.3) is 10.1 Å². The van der Waals surface area contributed by atoms with Gasteiger partial charge in [0.15, 0.2) is 11.3 Å². The molecule has 1 aliphatic heterocycles. The quantitative estimate of drug-likeness (QED) is 0.0976. The number of para-hydroxylation sites is 1. The van der Waals surface area contributed by atoms with Crippen molar-refractivity contribution in [3.8, 4) is 17.2 Å². The Kier molecular flexibility index (Phi) is 8.06. The summed E-state index contributed by atoms with van der Waals surface area (Å²) in [6.07, 6.45) is 0.832. The molecule has 0 N–H and O–H groups in total. The molecule has 44 heavy (non-hydrogen) atoms. The minimum absolute atomic E-state index is 0.144. The molecule has 0 aliphatic carbocycles. The average molecular weight is 617 g/mol. The molecule has 2 heterocycles. The molecule has 0 unspecified atom stereocenters. The van der Waals surface area contributed by atoms with Crippen LogP contribution in [0.4, 0.5) is 0 Å². The van der Waals surface area contributed by atoms with Crippen molar-refractivity contribution in [3.05, 3.63) is 112 Å². The van der Waals surface area contributed by atoms with E-state index in [1.165, 1.54) is 7.11 Å². The molecule has 1 fully saturated rings. The third kappa shape index (κ3) is 6.28. The summed E-state index contributed by atoms with van der Waals surface area (Å²) in [6.45, 7) is 2.17. The Morgan fingerprint density at radius 2 is 1.45 bits per heavy atom. The molecular weight excluding hydrogens is 584 g/mol. The summed E-state index contributed by atoms with van der Waals surface area (Å²) >= 11 is 0. The van der Waals surface area contributed by atoms with Crippen molar-refractivity contribution in [2.75, 3.05) is 20.0 Å². The highest BCUT2D eigenvalue weighted by molar-refractivity contribution is 7.85. The molecule has 9 nitrogen and oxygen atoms in total. The van der Waals surface area contributed by atoms with E-state index < -0.39 is 21.8 Å². The summed E-state index contributed by atoms with van der Waals surface area (Å²) in [5, 5.41) is 0.608. The standard InChI is InChI=1S/C34H32O9S/c1-34(21-41-44(3,36)37)29(43-34)17-25-27(40-20-23-13-8-5-9-14-23)18-28(38-2)30-31(35)24-15-10-16-26(32(24)42-33(25)30)39-19-22-11-6-4-7-12-22/h4-16,18,29H,17,19-21H2,1-3H3/t29-,34+/m0/s1. The van der Waals surface area contributed by atoms with Gasteiger partial charge in [0.2, 0.25) is 5.43 Å². The van der Waals surface area contributed by atoms with Crippen LogP contribution in [-0.4, -0.2) is 40.1 Å². The molecule has 0 radical (unpaired) electrons. The van der Waals surface area contributed by atoms with Gasteiger partial charge in [-0.25, -0.2) is 0 Å². The molecule has 1 aliphatic rings. The van der Waals surface area contributed by atoms with Crippen LogP contribution in [0.25, 0.3) is 21.9 Å². The molecule has 10 heteroatoms. The van der Waals surface area contributed by atoms with Crippen LogP contribution >= 0.6 is 0 Å². The maximum absolute atomic E-state index is 14.0. The van der Waals surface area contributed by atoms with Crippen molar-refractivity contribution in [1.82, 2.24) is 0 Å². The minimum Gasteiger partial charge on any atom is -0.496 e. The second-order valence-electron chi connectivity index (χ2n) is 11.0. The number of hydrogen-bond acceptors (Lipinski definition) is 9. The summed E-state index contributed by atoms with van der Waals surface area (Å²) < 4.78 is 59.0. The fourth-order valence-electron chi connectivity index (χ4n) is 5.17. The zero-order valence-electron chi connectivity index (χ0n) is 24.6. The normalized spacial score (nSPS) is 17.9. The summed E-state index contributed by atoms with van der Waals surface area (Å²) in [7, 11) is -2.17. The van der Waals surface area contributed by atoms with Crippen LogP contribution in [0.2, 0.25) is 0 Å². The third-order valence-electron chi connectivity index (χ3n) is 7.64. The van der Waals surface area contributed by atoms with Crippen LogP contribution < -0.4 is 19.6 Å². The molecule has 2 atom stereocenters. The first-order valence-electron chi connectivity index (χ1n) is 14.1. The van der Waals surface area contributed by atoms with E-state index in [0.29, 0.717) is 33.8 Å². The fraction of sp³-hybridized carbons (Fsp3) is 0.265. The van der Waals surface area contributed by atoms with Crippen LogP contribution in [0.5, 0.6) is 17.2 Å². The Labute approximate surface area is 255 Å². The van der Waals surface area contributed by atoms with Crippen LogP contribution in [0.15, 0.2) is 94.1 Å². The van der Waals surface area contributed by atoms with Gasteiger partial charge in [-0.05, 0) is 30.2 Å². The number of epoxide rings is 1. The van der Waals surface area contributed by atoms with Crippen LogP contribution in [-0.2, 0) is 38.7 Å². The number of fused-ring (bicyclic) bond motifs is 2. The van der Waals surface area contributed by atoms with Crippen molar-refractivity contribution in [3.63, 3.8) is 0 Å². The Bertz CT molecular complexity index is 1970. The van der Waals surface area contributed by atoms with Crippen LogP contribution in [0.1, 0.15) is 23.6 Å². The van der Waals surface area contributed by atoms with Crippen molar-refractivity contribution >= 4 is 32.1 Å². The summed E-state index contributed by atoms with van der Waals surface area (Å²) in [6, 6.07) is 26.3. The van der Waals surface area contributed by atoms with Gasteiger partial charge in [0.1, 0.15) is 41.3 Å². The second kappa shape index (κ2) is 12.0. The van der Waals surface area contributed by atoms with Crippen LogP contribution in [0, 0.1) is 0 Å². The van der Waals surface area contributed by atoms with E-state index in [9.17, 15) is 13.2 Å². The lowest BCUT2D eigenvalue weighted by Gasteiger charge is -2.17. The summed E-state index contributed by atoms with van der Waals surface area (Å²) in [5.74, 6) is 1.17. The minimum atomic E-state index is -3.66. The number of benzene rings is 4. The Balaban J connectivity index is 1.46. The molecule has 0 spiro atoms. The molecule has 0 bridgehead atoms. The van der Waals surface area contributed by atoms with Gasteiger partial charge in [-0.3, -0.25) is 8.98 Å². The first-order valence-corrected chi connectivity index (χ1v) is 15.9. The van der Waals surface area contributed by atoms with Crippen molar-refractivity contribution in [2.45, 2.75) is 38.3 Å². The van der Waals surface area contributed by atoms with Crippen molar-refractivity contribution in [1.29, 1.82) is 0 Å². The van der Waals surface area contributed by atoms with Gasteiger partial charge in [0, 0.05) is 18.1 Å². The average Bonchev–Trinajstić information content (AvgIpc) is 3.68. The number of hydrogen-bond donors (Lipinski definition) is 0. The van der Waals surface area contributed by atoms with Gasteiger partial charge in [-0.15, -0.1) is 0 Å². The molecular formula is C34H32O9S.